The third kappa shape index (κ3) is 3.68. The summed E-state index contributed by atoms with van der Waals surface area (Å²) in [6.45, 7) is 8.34. The Bertz CT molecular complexity index is 1430. The van der Waals surface area contributed by atoms with E-state index >= 15 is 0 Å². The van der Waals surface area contributed by atoms with Gasteiger partial charge in [0.15, 0.2) is 0 Å². The number of fused-ring (bicyclic) bond motifs is 7. The maximum atomic E-state index is 14.3. The fourth-order valence-electron chi connectivity index (χ4n) is 10.9. The average molecular weight is 550 g/mol. The van der Waals surface area contributed by atoms with E-state index in [1.165, 1.54) is 23.6 Å². The molecule has 2 aromatic carbocycles. The van der Waals surface area contributed by atoms with Gasteiger partial charge in [-0.15, -0.1) is 0 Å². The van der Waals surface area contributed by atoms with Crippen LogP contribution in [0, 0.1) is 39.9 Å². The summed E-state index contributed by atoms with van der Waals surface area (Å²) in [5.74, 6) is 1.90. The summed E-state index contributed by atoms with van der Waals surface area (Å²) in [5, 5.41) is 0. The second kappa shape index (κ2) is 9.51. The minimum atomic E-state index is -0.535. The molecular weight excluding hydrogens is 506 g/mol. The Kier molecular flexibility index (Phi) is 6.23. The Balaban J connectivity index is 1.32. The summed E-state index contributed by atoms with van der Waals surface area (Å²) in [7, 11) is 0. The molecule has 4 nitrogen and oxygen atoms in total. The number of carbonyl (C=O) groups is 2. The fourth-order valence-corrected chi connectivity index (χ4v) is 10.9. The van der Waals surface area contributed by atoms with E-state index in [0.29, 0.717) is 23.5 Å². The summed E-state index contributed by atoms with van der Waals surface area (Å²) in [5.41, 5.74) is 4.48. The number of hydrogen-bond acceptors (Lipinski definition) is 4. The van der Waals surface area contributed by atoms with E-state index in [1.54, 1.807) is 0 Å². The van der Waals surface area contributed by atoms with Crippen LogP contribution < -0.4 is 0 Å². The van der Waals surface area contributed by atoms with E-state index in [-0.39, 0.29) is 34.9 Å². The molecule has 0 aromatic heterocycles. The van der Waals surface area contributed by atoms with Crippen molar-refractivity contribution in [1.82, 2.24) is 0 Å². The molecule has 4 aliphatic carbocycles. The quantitative estimate of drug-likeness (QED) is 0.287. The van der Waals surface area contributed by atoms with Crippen molar-refractivity contribution in [2.45, 2.75) is 84.8 Å². The molecule has 41 heavy (non-hydrogen) atoms. The highest BCUT2D eigenvalue weighted by Crippen LogP contribution is 2.76. The van der Waals surface area contributed by atoms with Crippen LogP contribution in [0.3, 0.4) is 0 Å². The second-order valence-corrected chi connectivity index (χ2v) is 14.1. The monoisotopic (exact) mass is 549 g/mol. The van der Waals surface area contributed by atoms with Gasteiger partial charge in [-0.05, 0) is 85.2 Å². The number of aliphatic imine (C=N–C) groups is 1. The molecule has 4 heteroatoms. The number of hydrogen-bond donors (Lipinski definition) is 0. The predicted octanol–water partition coefficient (Wildman–Crippen LogP) is 7.93. The minimum Gasteiger partial charge on any atom is -0.462 e. The largest absolute Gasteiger partial charge is 0.462 e. The number of benzene rings is 2. The highest BCUT2D eigenvalue weighted by molar-refractivity contribution is 6.08. The van der Waals surface area contributed by atoms with Gasteiger partial charge in [0.05, 0.1) is 11.5 Å². The summed E-state index contributed by atoms with van der Waals surface area (Å²) in [4.78, 5) is 31.5. The Morgan fingerprint density at radius 1 is 0.902 bits per heavy atom. The number of allylic oxidation sites excluding steroid dienone is 1. The summed E-state index contributed by atoms with van der Waals surface area (Å²) in [6, 6.07) is 21.1. The van der Waals surface area contributed by atoms with Crippen molar-refractivity contribution in [3.8, 4) is 0 Å². The van der Waals surface area contributed by atoms with Crippen molar-refractivity contribution in [3.63, 3.8) is 0 Å². The van der Waals surface area contributed by atoms with Crippen molar-refractivity contribution < 1.29 is 14.3 Å². The molecule has 0 unspecified atom stereocenters. The van der Waals surface area contributed by atoms with E-state index in [2.05, 4.69) is 80.6 Å². The molecule has 1 aliphatic heterocycles. The topological polar surface area (TPSA) is 55.7 Å². The molecule has 0 amide bonds. The van der Waals surface area contributed by atoms with Crippen LogP contribution in [0.1, 0.15) is 89.8 Å². The first kappa shape index (κ1) is 26.9. The number of esters is 1. The molecule has 1 heterocycles. The first-order valence-electron chi connectivity index (χ1n) is 15.8. The normalized spacial score (nSPS) is 40.8. The molecular formula is C37H43NO3. The zero-order chi connectivity index (χ0) is 28.6. The van der Waals surface area contributed by atoms with Gasteiger partial charge >= 0.3 is 5.97 Å². The molecule has 214 valence electrons. The Hall–Kier alpha value is -3.01. The van der Waals surface area contributed by atoms with Crippen molar-refractivity contribution in [1.29, 1.82) is 0 Å². The predicted molar refractivity (Wildman–Crippen MR) is 161 cm³/mol. The van der Waals surface area contributed by atoms with Crippen LogP contribution in [0.15, 0.2) is 77.3 Å². The van der Waals surface area contributed by atoms with Gasteiger partial charge in [0.25, 0.3) is 0 Å². The number of Topliss-reactive ketones (excluding diaryl/α,β-unsaturated/α-hetero) is 1. The summed E-state index contributed by atoms with van der Waals surface area (Å²) < 4.78 is 5.67. The highest BCUT2D eigenvalue weighted by atomic mass is 16.5. The lowest BCUT2D eigenvalue weighted by Gasteiger charge is -2.60. The number of ketones is 1. The van der Waals surface area contributed by atoms with Crippen LogP contribution in [-0.4, -0.2) is 23.6 Å². The van der Waals surface area contributed by atoms with E-state index in [9.17, 15) is 9.59 Å². The minimum absolute atomic E-state index is 0.0142. The number of rotatable bonds is 4. The van der Waals surface area contributed by atoms with Crippen molar-refractivity contribution in [3.05, 3.63) is 83.4 Å². The number of nitrogens with zero attached hydrogens (tertiary/aromatic N) is 1. The standard InChI is InChI=1S/C37H43NO3/c1-23(39)37-32(33(25-11-7-5-8-12-25)38-34(37)26-13-9-6-10-14-26)22-31-29-16-15-27-21-28(41-24(2)40)17-19-35(27,3)30(29)18-20-36(31,37)4/h5-15,28-32,34H,16-22H2,1-4H3/t28-,29+,30-,31-,32+,34+,35-,36-,37+/m0/s1. The summed E-state index contributed by atoms with van der Waals surface area (Å²) in [6.07, 6.45) is 9.73. The van der Waals surface area contributed by atoms with Gasteiger partial charge in [-0.2, -0.15) is 0 Å². The molecule has 0 N–H and O–H groups in total. The number of ether oxygens (including phenoxy) is 1. The summed E-state index contributed by atoms with van der Waals surface area (Å²) >= 11 is 0. The maximum absolute atomic E-state index is 14.3. The molecule has 0 bridgehead atoms. The SMILES string of the molecule is CC(=O)O[C@H]1CC[C@@]2(C)C(=CC[C@@H]3[C@@H]2CC[C@@]2(C)[C@H]3C[C@@H]3C(c4ccccc4)=N[C@H](c4ccccc4)[C@@]32C(C)=O)C1. The molecule has 0 spiro atoms. The van der Waals surface area contributed by atoms with E-state index in [0.717, 1.165) is 50.7 Å². The lowest BCUT2D eigenvalue weighted by Crippen LogP contribution is -2.56. The Morgan fingerprint density at radius 3 is 2.29 bits per heavy atom. The zero-order valence-corrected chi connectivity index (χ0v) is 24.9. The van der Waals surface area contributed by atoms with Crippen LogP contribution in [0.25, 0.3) is 0 Å². The van der Waals surface area contributed by atoms with Crippen LogP contribution in [0.2, 0.25) is 0 Å². The fraction of sp³-hybridized carbons (Fsp3) is 0.541. The molecule has 9 atom stereocenters. The second-order valence-electron chi connectivity index (χ2n) is 14.1. The first-order chi connectivity index (χ1) is 19.7. The molecule has 0 radical (unpaired) electrons. The van der Waals surface area contributed by atoms with E-state index in [1.807, 2.05) is 6.92 Å². The lowest BCUT2D eigenvalue weighted by atomic mass is 9.44. The smallest absolute Gasteiger partial charge is 0.302 e. The van der Waals surface area contributed by atoms with Gasteiger partial charge in [-0.1, -0.05) is 86.2 Å². The third-order valence-corrected chi connectivity index (χ3v) is 12.6. The Morgan fingerprint density at radius 2 is 1.61 bits per heavy atom. The van der Waals surface area contributed by atoms with Gasteiger partial charge in [-0.3, -0.25) is 14.6 Å². The average Bonchev–Trinajstić information content (AvgIpc) is 3.45. The van der Waals surface area contributed by atoms with Crippen molar-refractivity contribution >= 4 is 17.5 Å². The van der Waals surface area contributed by atoms with Gasteiger partial charge in [-0.25, -0.2) is 0 Å². The third-order valence-electron chi connectivity index (χ3n) is 12.6. The van der Waals surface area contributed by atoms with Crippen LogP contribution in [0.5, 0.6) is 0 Å². The van der Waals surface area contributed by atoms with Crippen LogP contribution in [0.4, 0.5) is 0 Å². The van der Waals surface area contributed by atoms with Gasteiger partial charge in [0.1, 0.15) is 11.9 Å². The van der Waals surface area contributed by atoms with Crippen molar-refractivity contribution in [2.24, 2.45) is 44.9 Å². The van der Waals surface area contributed by atoms with E-state index in [4.69, 9.17) is 9.73 Å². The van der Waals surface area contributed by atoms with Gasteiger partial charge in [0, 0.05) is 25.0 Å². The number of carbonyl (C=O) groups excluding carboxylic acids is 2. The van der Waals surface area contributed by atoms with Crippen LogP contribution >= 0.6 is 0 Å². The molecule has 0 saturated heterocycles. The molecule has 5 aliphatic rings. The lowest BCUT2D eigenvalue weighted by molar-refractivity contribution is -0.150. The van der Waals surface area contributed by atoms with Crippen molar-refractivity contribution in [2.75, 3.05) is 0 Å². The van der Waals surface area contributed by atoms with Gasteiger partial charge < -0.3 is 4.74 Å². The highest BCUT2D eigenvalue weighted by Gasteiger charge is 2.74. The maximum Gasteiger partial charge on any atom is 0.302 e. The molecule has 3 saturated carbocycles. The molecule has 3 fully saturated rings. The molecule has 2 aromatic rings. The zero-order valence-electron chi connectivity index (χ0n) is 24.9. The van der Waals surface area contributed by atoms with Crippen LogP contribution in [-0.2, 0) is 14.3 Å². The first-order valence-corrected chi connectivity index (χ1v) is 15.8. The molecule has 7 rings (SSSR count). The Labute approximate surface area is 244 Å². The van der Waals surface area contributed by atoms with Gasteiger partial charge in [0.2, 0.25) is 0 Å². The van der Waals surface area contributed by atoms with E-state index < -0.39 is 5.41 Å².